The summed E-state index contributed by atoms with van der Waals surface area (Å²) in [7, 11) is 3.02. The summed E-state index contributed by atoms with van der Waals surface area (Å²) in [6.45, 7) is 0. The first-order valence-corrected chi connectivity index (χ1v) is 2.40. The van der Waals surface area contributed by atoms with Crippen molar-refractivity contribution in [3.8, 4) is 6.19 Å². The highest BCUT2D eigenvalue weighted by Crippen LogP contribution is 1.81. The average molecular weight is 131 g/mol. The van der Waals surface area contributed by atoms with E-state index in [1.807, 2.05) is 6.19 Å². The Bertz CT molecular complexity index is 147. The topological polar surface area (TPSA) is 36.0 Å². The zero-order valence-corrected chi connectivity index (χ0v) is 5.64. The van der Waals surface area contributed by atoms with E-state index in [9.17, 15) is 0 Å². The lowest BCUT2D eigenvalue weighted by molar-refractivity contribution is -0.409. The van der Waals surface area contributed by atoms with Crippen molar-refractivity contribution in [2.24, 2.45) is 0 Å². The smallest absolute Gasteiger partial charge is 0.460 e. The molecule has 0 aromatic heterocycles. The Labute approximate surface area is 53.6 Å². The molecule has 0 N–H and O–H groups in total. The summed E-state index contributed by atoms with van der Waals surface area (Å²) in [6.07, 6.45) is 1.81. The van der Waals surface area contributed by atoms with Gasteiger partial charge in [-0.2, -0.15) is 0 Å². The second-order valence-electron chi connectivity index (χ2n) is 1.15. The maximum absolute atomic E-state index is 8.16. The second kappa shape index (κ2) is 3.33. The third-order valence-corrected chi connectivity index (χ3v) is 1.10. The fourth-order valence-electron chi connectivity index (χ4n) is 0.180. The third kappa shape index (κ3) is 1.85. The molecule has 3 nitrogen and oxygen atoms in total. The summed E-state index contributed by atoms with van der Waals surface area (Å²) in [5.74, 6) is 0. The summed E-state index contributed by atoms with van der Waals surface area (Å²) >= 11 is 3.80. The molecule has 0 aromatic rings. The second-order valence-corrected chi connectivity index (χ2v) is 1.53. The van der Waals surface area contributed by atoms with Crippen LogP contribution in [0.1, 0.15) is 0 Å². The van der Waals surface area contributed by atoms with Gasteiger partial charge in [0.2, 0.25) is 0 Å². The molecule has 0 atom stereocenters. The molecule has 0 unspecified atom stereocenters. The van der Waals surface area contributed by atoms with Gasteiger partial charge in [0.15, 0.2) is 5.26 Å². The number of hydrogen-bond acceptors (Lipinski definition) is 2. The van der Waals surface area contributed by atoms with E-state index < -0.39 is 0 Å². The zero-order valence-electron chi connectivity index (χ0n) is 4.75. The highest BCUT2D eigenvalue weighted by molar-refractivity contribution is 7.96. The van der Waals surface area contributed by atoms with Gasteiger partial charge in [-0.15, -0.1) is 4.58 Å². The van der Waals surface area contributed by atoms with Gasteiger partial charge in [0, 0.05) is 0 Å². The predicted octanol–water partition coefficient (Wildman–Crippen LogP) is 0.0420. The van der Waals surface area contributed by atoms with E-state index in [2.05, 4.69) is 17.4 Å². The normalized spacial score (nSPS) is 11.8. The van der Waals surface area contributed by atoms with E-state index >= 15 is 0 Å². The molecule has 0 rings (SSSR count). The van der Waals surface area contributed by atoms with Crippen LogP contribution in [0.15, 0.2) is 0 Å². The van der Waals surface area contributed by atoms with Crippen molar-refractivity contribution in [3.05, 3.63) is 0 Å². The minimum Gasteiger partial charge on any atom is -0.460 e. The standard InChI is InChI=1S/C4H6N2OS/c1-6(3-5)4(8)7-2/h1-2H3/p+1. The molecule has 0 bridgehead atoms. The molecule has 4 heteroatoms. The van der Waals surface area contributed by atoms with Crippen molar-refractivity contribution in [2.75, 3.05) is 14.2 Å². The van der Waals surface area contributed by atoms with Crippen molar-refractivity contribution in [1.29, 1.82) is 5.26 Å². The van der Waals surface area contributed by atoms with Crippen LogP contribution in [0.3, 0.4) is 0 Å². The maximum Gasteiger partial charge on any atom is 0.462 e. The Morgan fingerprint density at radius 2 is 2.38 bits per heavy atom. The van der Waals surface area contributed by atoms with Crippen LogP contribution in [-0.2, 0) is 4.74 Å². The number of thiol groups is 1. The first-order chi connectivity index (χ1) is 3.72. The lowest BCUT2D eigenvalue weighted by atomic mass is 11.0. The summed E-state index contributed by atoms with van der Waals surface area (Å²) in [6, 6.07) is 0. The molecule has 0 fully saturated rings. The Balaban J connectivity index is 4.10. The fourth-order valence-corrected chi connectivity index (χ4v) is 0.224. The van der Waals surface area contributed by atoms with Gasteiger partial charge < -0.3 is 4.74 Å². The van der Waals surface area contributed by atoms with Gasteiger partial charge in [0.1, 0.15) is 0 Å². The Morgan fingerprint density at radius 3 is 2.50 bits per heavy atom. The molecule has 0 aliphatic carbocycles. The highest BCUT2D eigenvalue weighted by atomic mass is 32.1. The van der Waals surface area contributed by atoms with E-state index in [-0.39, 0.29) is 0 Å². The van der Waals surface area contributed by atoms with Gasteiger partial charge in [-0.05, 0) is 0 Å². The maximum atomic E-state index is 8.16. The van der Waals surface area contributed by atoms with Gasteiger partial charge in [0.05, 0.1) is 14.2 Å². The first kappa shape index (κ1) is 7.31. The number of ether oxygens (including phenoxy) is 1. The monoisotopic (exact) mass is 131 g/mol. The van der Waals surface area contributed by atoms with Crippen LogP contribution in [0.25, 0.3) is 0 Å². The quantitative estimate of drug-likeness (QED) is 0.126. The average Bonchev–Trinajstić information content (AvgIpc) is 1.84. The number of nitriles is 1. The molecular weight excluding hydrogens is 124 g/mol. The van der Waals surface area contributed by atoms with Crippen molar-refractivity contribution >= 4 is 17.9 Å². The molecule has 0 aliphatic rings. The molecular formula is C4H7N2OS+. The predicted molar refractivity (Wildman–Crippen MR) is 32.8 cm³/mol. The lowest BCUT2D eigenvalue weighted by Crippen LogP contribution is -2.07. The van der Waals surface area contributed by atoms with E-state index in [1.165, 1.54) is 11.7 Å². The lowest BCUT2D eigenvalue weighted by Gasteiger charge is -1.90. The number of methoxy groups -OCH3 is 1. The fraction of sp³-hybridized carbons (Fsp3) is 0.500. The first-order valence-electron chi connectivity index (χ1n) is 1.95. The van der Waals surface area contributed by atoms with E-state index in [4.69, 9.17) is 5.26 Å². The van der Waals surface area contributed by atoms with Crippen LogP contribution < -0.4 is 0 Å². The van der Waals surface area contributed by atoms with Crippen LogP contribution >= 0.6 is 12.6 Å². The number of rotatable bonds is 0. The summed E-state index contributed by atoms with van der Waals surface area (Å²) in [5.41, 5.74) is 0. The van der Waals surface area contributed by atoms with E-state index in [1.54, 1.807) is 7.05 Å². The van der Waals surface area contributed by atoms with Crippen LogP contribution in [0, 0.1) is 11.5 Å². The van der Waals surface area contributed by atoms with Crippen LogP contribution in [-0.4, -0.2) is 24.0 Å². The molecule has 44 valence electrons. The molecule has 0 aliphatic heterocycles. The van der Waals surface area contributed by atoms with Gasteiger partial charge in [0.25, 0.3) is 0 Å². The largest absolute Gasteiger partial charge is 0.462 e. The van der Waals surface area contributed by atoms with Crippen LogP contribution in [0.4, 0.5) is 0 Å². The molecule has 0 radical (unpaired) electrons. The summed E-state index contributed by atoms with van der Waals surface area (Å²) in [4.78, 5) is 0. The molecule has 0 aromatic carbocycles. The molecule has 0 saturated carbocycles. The van der Waals surface area contributed by atoms with Crippen molar-refractivity contribution in [1.82, 2.24) is 0 Å². The SMILES string of the molecule is COC(S)=[N+](C)C#N. The molecule has 0 saturated heterocycles. The van der Waals surface area contributed by atoms with Crippen LogP contribution in [0.2, 0.25) is 0 Å². The van der Waals surface area contributed by atoms with Gasteiger partial charge >= 0.3 is 11.4 Å². The molecule has 8 heavy (non-hydrogen) atoms. The summed E-state index contributed by atoms with van der Waals surface area (Å²) < 4.78 is 5.80. The van der Waals surface area contributed by atoms with Crippen LogP contribution in [0.5, 0.6) is 0 Å². The third-order valence-electron chi connectivity index (χ3n) is 0.620. The molecule has 0 spiro atoms. The zero-order chi connectivity index (χ0) is 6.57. The van der Waals surface area contributed by atoms with Gasteiger partial charge in [-0.25, -0.2) is 0 Å². The Hall–Kier alpha value is -0.690. The van der Waals surface area contributed by atoms with Crippen molar-refractivity contribution < 1.29 is 9.31 Å². The van der Waals surface area contributed by atoms with E-state index in [0.717, 1.165) is 0 Å². The van der Waals surface area contributed by atoms with Gasteiger partial charge in [-0.1, -0.05) is 12.6 Å². The minimum atomic E-state index is 0.299. The number of nitrogens with zero attached hydrogens (tertiary/aromatic N) is 2. The highest BCUT2D eigenvalue weighted by Gasteiger charge is 1.97. The number of hydrogen-bond donors (Lipinski definition) is 1. The molecule has 0 amide bonds. The Kier molecular flexibility index (Phi) is 3.04. The Morgan fingerprint density at radius 1 is 1.88 bits per heavy atom. The summed E-state index contributed by atoms with van der Waals surface area (Å²) in [5, 5.41) is 8.46. The van der Waals surface area contributed by atoms with E-state index in [0.29, 0.717) is 5.23 Å². The van der Waals surface area contributed by atoms with Gasteiger partial charge in [-0.3, -0.25) is 0 Å². The van der Waals surface area contributed by atoms with Crippen molar-refractivity contribution in [2.45, 2.75) is 0 Å². The minimum absolute atomic E-state index is 0.299. The molecule has 0 heterocycles. The van der Waals surface area contributed by atoms with Crippen molar-refractivity contribution in [3.63, 3.8) is 0 Å².